The number of rotatable bonds is 4. The van der Waals surface area contributed by atoms with Gasteiger partial charge in [0.2, 0.25) is 0 Å². The third-order valence-electron chi connectivity index (χ3n) is 2.06. The first-order valence-electron chi connectivity index (χ1n) is 4.67. The third kappa shape index (κ3) is 3.23. The molecule has 6 N–H and O–H groups in total. The number of hydrogen-bond donors (Lipinski definition) is 4. The molecule has 5 nitrogen and oxygen atoms in total. The minimum absolute atomic E-state index is 0.00602. The summed E-state index contributed by atoms with van der Waals surface area (Å²) in [6.45, 7) is 0.00602. The molecule has 0 heterocycles. The number of nitrogens with one attached hydrogen (secondary N) is 1. The SMILES string of the molecule is NC(=O)Nc1ccccc1C(N)CCO. The molecule has 1 atom stereocenters. The van der Waals surface area contributed by atoms with E-state index >= 15 is 0 Å². The fourth-order valence-corrected chi connectivity index (χ4v) is 1.36. The van der Waals surface area contributed by atoms with E-state index in [2.05, 4.69) is 5.32 Å². The second kappa shape index (κ2) is 5.33. The van der Waals surface area contributed by atoms with Crippen molar-refractivity contribution in [2.75, 3.05) is 11.9 Å². The lowest BCUT2D eigenvalue weighted by Crippen LogP contribution is -2.22. The molecule has 82 valence electrons. The van der Waals surface area contributed by atoms with Crippen LogP contribution in [0.1, 0.15) is 18.0 Å². The van der Waals surface area contributed by atoms with Crippen molar-refractivity contribution in [1.29, 1.82) is 0 Å². The number of hydrogen-bond acceptors (Lipinski definition) is 3. The predicted octanol–water partition coefficient (Wildman–Crippen LogP) is 0.559. The fourth-order valence-electron chi connectivity index (χ4n) is 1.36. The van der Waals surface area contributed by atoms with E-state index in [1.807, 2.05) is 6.07 Å². The number of primary amides is 1. The van der Waals surface area contributed by atoms with Crippen molar-refractivity contribution >= 4 is 11.7 Å². The number of carbonyl (C=O) groups is 1. The van der Waals surface area contributed by atoms with Crippen molar-refractivity contribution in [1.82, 2.24) is 0 Å². The summed E-state index contributed by atoms with van der Waals surface area (Å²) >= 11 is 0. The first-order valence-corrected chi connectivity index (χ1v) is 4.67. The van der Waals surface area contributed by atoms with Crippen molar-refractivity contribution < 1.29 is 9.90 Å². The van der Waals surface area contributed by atoms with Crippen LogP contribution in [0.5, 0.6) is 0 Å². The summed E-state index contributed by atoms with van der Waals surface area (Å²) in [7, 11) is 0. The zero-order chi connectivity index (χ0) is 11.3. The number of benzene rings is 1. The number of urea groups is 1. The van der Waals surface area contributed by atoms with E-state index in [9.17, 15) is 4.79 Å². The van der Waals surface area contributed by atoms with Crippen LogP contribution in [0.25, 0.3) is 0 Å². The molecule has 5 heteroatoms. The summed E-state index contributed by atoms with van der Waals surface area (Å²) < 4.78 is 0. The van der Waals surface area contributed by atoms with Gasteiger partial charge in [0, 0.05) is 18.3 Å². The molecule has 1 unspecified atom stereocenters. The number of para-hydroxylation sites is 1. The van der Waals surface area contributed by atoms with Gasteiger partial charge < -0.3 is 21.9 Å². The minimum Gasteiger partial charge on any atom is -0.396 e. The second-order valence-electron chi connectivity index (χ2n) is 3.20. The number of nitrogens with two attached hydrogens (primary N) is 2. The highest BCUT2D eigenvalue weighted by molar-refractivity contribution is 5.88. The van der Waals surface area contributed by atoms with Crippen LogP contribution in [0.2, 0.25) is 0 Å². The van der Waals surface area contributed by atoms with Gasteiger partial charge in [-0.25, -0.2) is 4.79 Å². The number of amides is 2. The van der Waals surface area contributed by atoms with Crippen molar-refractivity contribution in [2.24, 2.45) is 11.5 Å². The Morgan fingerprint density at radius 1 is 1.47 bits per heavy atom. The molecule has 1 aromatic carbocycles. The van der Waals surface area contributed by atoms with Crippen LogP contribution >= 0.6 is 0 Å². The average molecular weight is 209 g/mol. The molecule has 0 spiro atoms. The average Bonchev–Trinajstić information content (AvgIpc) is 2.18. The number of carbonyl (C=O) groups excluding carboxylic acids is 1. The molecule has 1 aromatic rings. The lowest BCUT2D eigenvalue weighted by Gasteiger charge is -2.15. The lowest BCUT2D eigenvalue weighted by molar-refractivity contribution is 0.259. The Hall–Kier alpha value is -1.59. The number of aliphatic hydroxyl groups excluding tert-OH is 1. The second-order valence-corrected chi connectivity index (χ2v) is 3.20. The van der Waals surface area contributed by atoms with Crippen molar-refractivity contribution in [2.45, 2.75) is 12.5 Å². The summed E-state index contributed by atoms with van der Waals surface area (Å²) in [5.41, 5.74) is 12.2. The van der Waals surface area contributed by atoms with Crippen LogP contribution < -0.4 is 16.8 Å². The zero-order valence-corrected chi connectivity index (χ0v) is 8.31. The van der Waals surface area contributed by atoms with Crippen LogP contribution in [0.3, 0.4) is 0 Å². The van der Waals surface area contributed by atoms with Gasteiger partial charge in [0.05, 0.1) is 0 Å². The van der Waals surface area contributed by atoms with Crippen molar-refractivity contribution in [3.63, 3.8) is 0 Å². The fraction of sp³-hybridized carbons (Fsp3) is 0.300. The topological polar surface area (TPSA) is 101 Å². The summed E-state index contributed by atoms with van der Waals surface area (Å²) in [6.07, 6.45) is 0.442. The van der Waals surface area contributed by atoms with Gasteiger partial charge in [-0.3, -0.25) is 0 Å². The van der Waals surface area contributed by atoms with E-state index in [1.54, 1.807) is 18.2 Å². The van der Waals surface area contributed by atoms with E-state index in [0.29, 0.717) is 12.1 Å². The standard InChI is InChI=1S/C10H15N3O2/c11-8(5-6-14)7-3-1-2-4-9(7)13-10(12)15/h1-4,8,14H,5-6,11H2,(H3,12,13,15). The maximum atomic E-state index is 10.7. The summed E-state index contributed by atoms with van der Waals surface area (Å²) in [4.78, 5) is 10.7. The van der Waals surface area contributed by atoms with E-state index in [0.717, 1.165) is 5.56 Å². The monoisotopic (exact) mass is 209 g/mol. The number of aliphatic hydroxyl groups is 1. The molecular weight excluding hydrogens is 194 g/mol. The van der Waals surface area contributed by atoms with Gasteiger partial charge in [-0.1, -0.05) is 18.2 Å². The van der Waals surface area contributed by atoms with Crippen LogP contribution in [-0.4, -0.2) is 17.7 Å². The van der Waals surface area contributed by atoms with Gasteiger partial charge in [0.25, 0.3) is 0 Å². The molecule has 0 aliphatic rings. The molecule has 0 fully saturated rings. The molecule has 0 radical (unpaired) electrons. The first kappa shape index (κ1) is 11.5. The van der Waals surface area contributed by atoms with E-state index < -0.39 is 6.03 Å². The van der Waals surface area contributed by atoms with Crippen LogP contribution in [0.15, 0.2) is 24.3 Å². The van der Waals surface area contributed by atoms with E-state index in [-0.39, 0.29) is 12.6 Å². The van der Waals surface area contributed by atoms with Gasteiger partial charge in [-0.2, -0.15) is 0 Å². The summed E-state index contributed by atoms with van der Waals surface area (Å²) in [5, 5.41) is 11.3. The van der Waals surface area contributed by atoms with Crippen molar-refractivity contribution in [3.8, 4) is 0 Å². The van der Waals surface area contributed by atoms with E-state index in [1.165, 1.54) is 0 Å². The summed E-state index contributed by atoms with van der Waals surface area (Å²) in [6, 6.07) is 6.18. The highest BCUT2D eigenvalue weighted by Crippen LogP contribution is 2.22. The molecule has 0 saturated carbocycles. The smallest absolute Gasteiger partial charge is 0.316 e. The Labute approximate surface area is 88.1 Å². The maximum absolute atomic E-state index is 10.7. The Kier molecular flexibility index (Phi) is 4.08. The number of anilines is 1. The Morgan fingerprint density at radius 2 is 2.13 bits per heavy atom. The minimum atomic E-state index is -0.626. The molecule has 15 heavy (non-hydrogen) atoms. The molecule has 0 saturated heterocycles. The van der Waals surface area contributed by atoms with Gasteiger partial charge in [0.15, 0.2) is 0 Å². The predicted molar refractivity (Wildman–Crippen MR) is 58.3 cm³/mol. The highest BCUT2D eigenvalue weighted by Gasteiger charge is 2.10. The quantitative estimate of drug-likeness (QED) is 0.582. The normalized spacial score (nSPS) is 12.1. The van der Waals surface area contributed by atoms with Gasteiger partial charge in [-0.15, -0.1) is 0 Å². The Balaban J connectivity index is 2.89. The summed E-state index contributed by atoms with van der Waals surface area (Å²) in [5.74, 6) is 0. The first-order chi connectivity index (χ1) is 7.15. The molecular formula is C10H15N3O2. The molecule has 1 rings (SSSR count). The Morgan fingerprint density at radius 3 is 2.73 bits per heavy atom. The van der Waals surface area contributed by atoms with Gasteiger partial charge in [0.1, 0.15) is 0 Å². The maximum Gasteiger partial charge on any atom is 0.316 e. The largest absolute Gasteiger partial charge is 0.396 e. The molecule has 2 amide bonds. The van der Waals surface area contributed by atoms with Gasteiger partial charge in [-0.05, 0) is 18.1 Å². The van der Waals surface area contributed by atoms with E-state index in [4.69, 9.17) is 16.6 Å². The van der Waals surface area contributed by atoms with Crippen LogP contribution in [0.4, 0.5) is 10.5 Å². The van der Waals surface area contributed by atoms with Crippen LogP contribution in [-0.2, 0) is 0 Å². The Bertz CT molecular complexity index is 341. The molecule has 0 aliphatic carbocycles. The van der Waals surface area contributed by atoms with Crippen molar-refractivity contribution in [3.05, 3.63) is 29.8 Å². The lowest BCUT2D eigenvalue weighted by atomic mass is 10.0. The molecule has 0 aliphatic heterocycles. The third-order valence-corrected chi connectivity index (χ3v) is 2.06. The zero-order valence-electron chi connectivity index (χ0n) is 8.31. The molecule has 0 aromatic heterocycles. The molecule has 0 bridgehead atoms. The van der Waals surface area contributed by atoms with Gasteiger partial charge >= 0.3 is 6.03 Å². The van der Waals surface area contributed by atoms with Crippen LogP contribution in [0, 0.1) is 0 Å². The highest BCUT2D eigenvalue weighted by atomic mass is 16.3.